The van der Waals surface area contributed by atoms with E-state index in [0.29, 0.717) is 12.1 Å². The fraction of sp³-hybridized carbons (Fsp3) is 0.429. The lowest BCUT2D eigenvalue weighted by Crippen LogP contribution is -2.35. The van der Waals surface area contributed by atoms with Gasteiger partial charge in [-0.25, -0.2) is 0 Å². The molecule has 0 saturated heterocycles. The lowest BCUT2D eigenvalue weighted by molar-refractivity contribution is -0.136. The molecule has 1 rings (SSSR count). The first-order valence-electron chi connectivity index (χ1n) is 5.98. The Kier molecular flexibility index (Phi) is 5.04. The van der Waals surface area contributed by atoms with E-state index in [1.807, 2.05) is 32.0 Å². The van der Waals surface area contributed by atoms with E-state index in [1.54, 1.807) is 6.92 Å². The Hall–Kier alpha value is -1.68. The van der Waals surface area contributed by atoms with Crippen LogP contribution in [-0.4, -0.2) is 29.4 Å². The molecule has 1 unspecified atom stereocenters. The van der Waals surface area contributed by atoms with Crippen LogP contribution in [0.1, 0.15) is 34.8 Å². The Morgan fingerprint density at radius 3 is 2.56 bits per heavy atom. The van der Waals surface area contributed by atoms with Crippen molar-refractivity contribution in [2.75, 3.05) is 6.54 Å². The molecular formula is C14H19NO3. The van der Waals surface area contributed by atoms with Crippen LogP contribution in [0, 0.1) is 13.8 Å². The van der Waals surface area contributed by atoms with Crippen LogP contribution in [0.25, 0.3) is 0 Å². The average Bonchev–Trinajstić information content (AvgIpc) is 2.27. The smallest absolute Gasteiger partial charge is 0.304 e. The number of hydrogen-bond acceptors (Lipinski definition) is 3. The Balaban J connectivity index is 2.65. The third-order valence-corrected chi connectivity index (χ3v) is 2.83. The second-order valence-corrected chi connectivity index (χ2v) is 4.50. The quantitative estimate of drug-likeness (QED) is 0.756. The van der Waals surface area contributed by atoms with Crippen LogP contribution < -0.4 is 5.32 Å². The predicted molar refractivity (Wildman–Crippen MR) is 70.0 cm³/mol. The maximum absolute atomic E-state index is 12.1. The highest BCUT2D eigenvalue weighted by atomic mass is 16.4. The molecule has 0 heterocycles. The zero-order valence-corrected chi connectivity index (χ0v) is 11.0. The van der Waals surface area contributed by atoms with Gasteiger partial charge in [0, 0.05) is 12.1 Å². The number of nitrogens with one attached hydrogen (secondary N) is 1. The van der Waals surface area contributed by atoms with Crippen molar-refractivity contribution in [1.29, 1.82) is 0 Å². The number of carbonyl (C=O) groups excluding carboxylic acids is 1. The monoisotopic (exact) mass is 249 g/mol. The summed E-state index contributed by atoms with van der Waals surface area (Å²) in [5.74, 6) is -0.869. The number of hydrogen-bond donors (Lipinski definition) is 2. The average molecular weight is 249 g/mol. The van der Waals surface area contributed by atoms with Crippen LogP contribution in [0.4, 0.5) is 0 Å². The number of ketones is 1. The van der Waals surface area contributed by atoms with Crippen molar-refractivity contribution in [2.45, 2.75) is 33.2 Å². The third kappa shape index (κ3) is 3.96. The molecular weight excluding hydrogens is 230 g/mol. The lowest BCUT2D eigenvalue weighted by atomic mass is 9.98. The summed E-state index contributed by atoms with van der Waals surface area (Å²) in [7, 11) is 0. The first-order chi connectivity index (χ1) is 8.41. The number of carboxylic acids is 1. The molecule has 0 aromatic heterocycles. The van der Waals surface area contributed by atoms with E-state index in [1.165, 1.54) is 0 Å². The highest BCUT2D eigenvalue weighted by Gasteiger charge is 2.16. The lowest BCUT2D eigenvalue weighted by Gasteiger charge is -2.14. The molecule has 0 aliphatic heterocycles. The van der Waals surface area contributed by atoms with E-state index < -0.39 is 5.97 Å². The molecule has 0 saturated carbocycles. The first-order valence-corrected chi connectivity index (χ1v) is 5.98. The minimum atomic E-state index is -0.867. The van der Waals surface area contributed by atoms with Gasteiger partial charge in [-0.3, -0.25) is 9.59 Å². The van der Waals surface area contributed by atoms with Gasteiger partial charge in [-0.15, -0.1) is 0 Å². The summed E-state index contributed by atoms with van der Waals surface area (Å²) in [5.41, 5.74) is 2.76. The molecule has 0 amide bonds. The topological polar surface area (TPSA) is 66.4 Å². The van der Waals surface area contributed by atoms with Crippen molar-refractivity contribution in [2.24, 2.45) is 0 Å². The number of rotatable bonds is 6. The molecule has 2 N–H and O–H groups in total. The highest BCUT2D eigenvalue weighted by Crippen LogP contribution is 2.12. The van der Waals surface area contributed by atoms with Crippen molar-refractivity contribution in [3.05, 3.63) is 34.9 Å². The van der Waals surface area contributed by atoms with E-state index in [0.717, 1.165) is 11.1 Å². The molecule has 4 nitrogen and oxygen atoms in total. The summed E-state index contributed by atoms with van der Waals surface area (Å²) >= 11 is 0. The van der Waals surface area contributed by atoms with Gasteiger partial charge in [0.2, 0.25) is 0 Å². The molecule has 18 heavy (non-hydrogen) atoms. The van der Waals surface area contributed by atoms with Crippen molar-refractivity contribution >= 4 is 11.8 Å². The second kappa shape index (κ2) is 6.31. The Labute approximate surface area is 107 Å². The van der Waals surface area contributed by atoms with Crippen molar-refractivity contribution < 1.29 is 14.7 Å². The van der Waals surface area contributed by atoms with Gasteiger partial charge in [0.1, 0.15) is 0 Å². The Morgan fingerprint density at radius 2 is 2.00 bits per heavy atom. The van der Waals surface area contributed by atoms with E-state index in [2.05, 4.69) is 5.32 Å². The molecule has 0 fully saturated rings. The van der Waals surface area contributed by atoms with E-state index in [9.17, 15) is 9.59 Å². The zero-order valence-electron chi connectivity index (χ0n) is 11.0. The van der Waals surface area contributed by atoms with Crippen molar-refractivity contribution in [3.63, 3.8) is 0 Å². The summed E-state index contributed by atoms with van der Waals surface area (Å²) in [6, 6.07) is 5.33. The summed E-state index contributed by atoms with van der Waals surface area (Å²) in [6.07, 6.45) is 0.0184. The van der Waals surface area contributed by atoms with Crippen molar-refractivity contribution in [3.8, 4) is 0 Å². The number of Topliss-reactive ketones (excluding diaryl/α,β-unsaturated/α-hetero) is 1. The summed E-state index contributed by atoms with van der Waals surface area (Å²) < 4.78 is 0. The van der Waals surface area contributed by atoms with Gasteiger partial charge in [0.05, 0.1) is 12.5 Å². The van der Waals surface area contributed by atoms with Crippen LogP contribution in [0.5, 0.6) is 0 Å². The summed E-state index contributed by atoms with van der Waals surface area (Å²) in [6.45, 7) is 5.94. The van der Waals surface area contributed by atoms with E-state index in [-0.39, 0.29) is 18.2 Å². The fourth-order valence-electron chi connectivity index (χ4n) is 1.81. The van der Waals surface area contributed by atoms with Gasteiger partial charge >= 0.3 is 5.97 Å². The molecule has 1 aromatic carbocycles. The summed E-state index contributed by atoms with van der Waals surface area (Å²) in [4.78, 5) is 22.5. The van der Waals surface area contributed by atoms with Crippen LogP contribution in [0.3, 0.4) is 0 Å². The maximum Gasteiger partial charge on any atom is 0.304 e. The van der Waals surface area contributed by atoms with Crippen LogP contribution >= 0.6 is 0 Å². The standard InChI is InChI=1S/C14H19NO3/c1-9-4-5-12(10(2)8-9)14(18)11(3)15-7-6-13(16)17/h4-5,8,11,15H,6-7H2,1-3H3,(H,16,17). The second-order valence-electron chi connectivity index (χ2n) is 4.50. The normalized spacial score (nSPS) is 12.2. The third-order valence-electron chi connectivity index (χ3n) is 2.83. The molecule has 98 valence electrons. The first kappa shape index (κ1) is 14.4. The predicted octanol–water partition coefficient (Wildman–Crippen LogP) is 1.94. The van der Waals surface area contributed by atoms with Gasteiger partial charge in [-0.05, 0) is 26.3 Å². The number of aryl methyl sites for hydroxylation is 2. The minimum Gasteiger partial charge on any atom is -0.481 e. The molecule has 1 aromatic rings. The number of benzene rings is 1. The van der Waals surface area contributed by atoms with Gasteiger partial charge in [0.15, 0.2) is 5.78 Å². The van der Waals surface area contributed by atoms with Gasteiger partial charge in [0.25, 0.3) is 0 Å². The Morgan fingerprint density at radius 1 is 1.33 bits per heavy atom. The fourth-order valence-corrected chi connectivity index (χ4v) is 1.81. The minimum absolute atomic E-state index is 0.00195. The SMILES string of the molecule is Cc1ccc(C(=O)C(C)NCCC(=O)O)c(C)c1. The number of carbonyl (C=O) groups is 2. The van der Waals surface area contributed by atoms with Crippen LogP contribution in [-0.2, 0) is 4.79 Å². The summed E-state index contributed by atoms with van der Waals surface area (Å²) in [5, 5.41) is 11.5. The molecule has 0 bridgehead atoms. The highest BCUT2D eigenvalue weighted by molar-refractivity contribution is 6.01. The molecule has 0 spiro atoms. The van der Waals surface area contributed by atoms with E-state index >= 15 is 0 Å². The molecule has 1 atom stereocenters. The molecule has 0 aliphatic rings. The molecule has 0 radical (unpaired) electrons. The maximum atomic E-state index is 12.1. The van der Waals surface area contributed by atoms with Crippen LogP contribution in [0.2, 0.25) is 0 Å². The van der Waals surface area contributed by atoms with Crippen LogP contribution in [0.15, 0.2) is 18.2 Å². The zero-order chi connectivity index (χ0) is 13.7. The molecule has 0 aliphatic carbocycles. The van der Waals surface area contributed by atoms with Gasteiger partial charge in [-0.1, -0.05) is 23.8 Å². The number of aliphatic carboxylic acids is 1. The van der Waals surface area contributed by atoms with Crippen molar-refractivity contribution in [1.82, 2.24) is 5.32 Å². The van der Waals surface area contributed by atoms with Gasteiger partial charge < -0.3 is 10.4 Å². The largest absolute Gasteiger partial charge is 0.481 e. The van der Waals surface area contributed by atoms with Gasteiger partial charge in [-0.2, -0.15) is 0 Å². The number of carboxylic acid groups (broad SMARTS) is 1. The van der Waals surface area contributed by atoms with E-state index in [4.69, 9.17) is 5.11 Å². The molecule has 4 heteroatoms. The Bertz CT molecular complexity index is 454.